The minimum atomic E-state index is 0. The second-order valence-corrected chi connectivity index (χ2v) is 6.77. The highest BCUT2D eigenvalue weighted by atomic mass is 127. The molecule has 0 aliphatic carbocycles. The van der Waals surface area contributed by atoms with E-state index in [1.807, 2.05) is 7.05 Å². The van der Waals surface area contributed by atoms with E-state index in [1.165, 1.54) is 16.7 Å². The summed E-state index contributed by atoms with van der Waals surface area (Å²) in [6.45, 7) is 8.06. The fraction of sp³-hybridized carbons (Fsp3) is 0.409. The first-order valence-electron chi connectivity index (χ1n) is 9.38. The number of hydrogen-bond acceptors (Lipinski definition) is 2. The van der Waals surface area contributed by atoms with Crippen molar-refractivity contribution < 1.29 is 0 Å². The smallest absolute Gasteiger partial charge is 0.191 e. The van der Waals surface area contributed by atoms with Crippen LogP contribution in [0.4, 0.5) is 0 Å². The number of benzene rings is 2. The Balaban J connectivity index is 0.00000364. The lowest BCUT2D eigenvalue weighted by Gasteiger charge is -2.17. The Morgan fingerprint density at radius 1 is 1.04 bits per heavy atom. The van der Waals surface area contributed by atoms with Crippen LogP contribution in [0.25, 0.3) is 0 Å². The molecule has 148 valence electrons. The summed E-state index contributed by atoms with van der Waals surface area (Å²) in [7, 11) is 3.96. The van der Waals surface area contributed by atoms with Crippen LogP contribution in [-0.4, -0.2) is 38.0 Å². The predicted octanol–water partition coefficient (Wildman–Crippen LogP) is 4.23. The van der Waals surface area contributed by atoms with Crippen molar-refractivity contribution in [1.29, 1.82) is 0 Å². The van der Waals surface area contributed by atoms with Gasteiger partial charge in [-0.05, 0) is 36.2 Å². The third-order valence-corrected chi connectivity index (χ3v) is 4.61. The molecule has 0 amide bonds. The van der Waals surface area contributed by atoms with Crippen LogP contribution in [0.1, 0.15) is 36.5 Å². The fourth-order valence-corrected chi connectivity index (χ4v) is 2.82. The van der Waals surface area contributed by atoms with Crippen molar-refractivity contribution in [3.63, 3.8) is 0 Å². The summed E-state index contributed by atoms with van der Waals surface area (Å²) in [5, 5.41) is 6.84. The molecule has 1 unspecified atom stereocenters. The molecule has 0 spiro atoms. The first-order chi connectivity index (χ1) is 12.6. The molecule has 4 nitrogen and oxygen atoms in total. The highest BCUT2D eigenvalue weighted by molar-refractivity contribution is 14.0. The predicted molar refractivity (Wildman–Crippen MR) is 127 cm³/mol. The van der Waals surface area contributed by atoms with Gasteiger partial charge in [0.1, 0.15) is 0 Å². The van der Waals surface area contributed by atoms with E-state index in [9.17, 15) is 0 Å². The number of nitrogens with zero attached hydrogens (tertiary/aromatic N) is 2. The minimum absolute atomic E-state index is 0. The normalized spacial score (nSPS) is 12.4. The van der Waals surface area contributed by atoms with Gasteiger partial charge in [0.2, 0.25) is 0 Å². The average molecular weight is 480 g/mol. The second-order valence-electron chi connectivity index (χ2n) is 6.77. The first-order valence-corrected chi connectivity index (χ1v) is 9.38. The molecule has 0 aliphatic heterocycles. The van der Waals surface area contributed by atoms with Crippen molar-refractivity contribution in [1.82, 2.24) is 15.5 Å². The average Bonchev–Trinajstić information content (AvgIpc) is 2.68. The van der Waals surface area contributed by atoms with Gasteiger partial charge in [0.15, 0.2) is 5.96 Å². The van der Waals surface area contributed by atoms with E-state index >= 15 is 0 Å². The maximum atomic E-state index is 4.34. The van der Waals surface area contributed by atoms with Gasteiger partial charge in [-0.3, -0.25) is 4.99 Å². The van der Waals surface area contributed by atoms with Crippen LogP contribution in [0.3, 0.4) is 0 Å². The number of guanidine groups is 1. The second kappa shape index (κ2) is 12.7. The Morgan fingerprint density at radius 3 is 2.41 bits per heavy atom. The largest absolute Gasteiger partial charge is 0.356 e. The number of halogens is 1. The van der Waals surface area contributed by atoms with E-state index < -0.39 is 0 Å². The van der Waals surface area contributed by atoms with E-state index in [4.69, 9.17) is 0 Å². The van der Waals surface area contributed by atoms with E-state index in [0.29, 0.717) is 5.92 Å². The number of rotatable bonds is 8. The number of nitrogens with one attached hydrogen (secondary N) is 2. The van der Waals surface area contributed by atoms with E-state index in [2.05, 4.69) is 96.0 Å². The van der Waals surface area contributed by atoms with Gasteiger partial charge in [-0.2, -0.15) is 0 Å². The van der Waals surface area contributed by atoms with Crippen molar-refractivity contribution in [2.24, 2.45) is 4.99 Å². The quantitative estimate of drug-likeness (QED) is 0.338. The Labute approximate surface area is 181 Å². The lowest BCUT2D eigenvalue weighted by atomic mass is 10.0. The highest BCUT2D eigenvalue weighted by Crippen LogP contribution is 2.13. The van der Waals surface area contributed by atoms with Crippen LogP contribution in [0.5, 0.6) is 0 Å². The zero-order valence-electron chi connectivity index (χ0n) is 16.9. The van der Waals surface area contributed by atoms with Crippen molar-refractivity contribution in [3.8, 4) is 0 Å². The molecule has 2 aromatic carbocycles. The Kier molecular flexibility index (Phi) is 11.0. The van der Waals surface area contributed by atoms with Gasteiger partial charge in [-0.15, -0.1) is 24.0 Å². The maximum Gasteiger partial charge on any atom is 0.191 e. The van der Waals surface area contributed by atoms with Crippen LogP contribution in [0, 0.1) is 0 Å². The van der Waals surface area contributed by atoms with Crippen LogP contribution in [0.2, 0.25) is 0 Å². The molecule has 0 saturated heterocycles. The molecule has 2 aromatic rings. The molecule has 0 radical (unpaired) electrons. The summed E-state index contributed by atoms with van der Waals surface area (Å²) in [6.07, 6.45) is 0. The molecule has 0 fully saturated rings. The van der Waals surface area contributed by atoms with Gasteiger partial charge in [0, 0.05) is 26.7 Å². The molecule has 1 atom stereocenters. The van der Waals surface area contributed by atoms with Gasteiger partial charge in [-0.25, -0.2) is 0 Å². The summed E-state index contributed by atoms with van der Waals surface area (Å²) in [4.78, 5) is 6.64. The van der Waals surface area contributed by atoms with E-state index in [-0.39, 0.29) is 24.0 Å². The molecule has 0 aliphatic rings. The topological polar surface area (TPSA) is 39.7 Å². The summed E-state index contributed by atoms with van der Waals surface area (Å²) in [6, 6.07) is 19.3. The Bertz CT molecular complexity index is 688. The summed E-state index contributed by atoms with van der Waals surface area (Å²) in [5.74, 6) is 1.27. The van der Waals surface area contributed by atoms with Crippen LogP contribution < -0.4 is 10.6 Å². The van der Waals surface area contributed by atoms with Crippen molar-refractivity contribution >= 4 is 29.9 Å². The molecule has 0 bridgehead atoms. The molecule has 27 heavy (non-hydrogen) atoms. The Morgan fingerprint density at radius 2 is 1.74 bits per heavy atom. The third kappa shape index (κ3) is 8.30. The van der Waals surface area contributed by atoms with Crippen molar-refractivity contribution in [2.45, 2.75) is 32.9 Å². The molecular weight excluding hydrogens is 447 g/mol. The summed E-state index contributed by atoms with van der Waals surface area (Å²) < 4.78 is 0. The van der Waals surface area contributed by atoms with Crippen LogP contribution in [-0.2, 0) is 13.1 Å². The van der Waals surface area contributed by atoms with Gasteiger partial charge in [0.25, 0.3) is 0 Å². The minimum Gasteiger partial charge on any atom is -0.356 e. The SMILES string of the molecule is CCN(C)Cc1cccc(CNC(=NC)NCC(C)c2ccccc2)c1.I. The third-order valence-electron chi connectivity index (χ3n) is 4.61. The first kappa shape index (κ1) is 23.4. The van der Waals surface area contributed by atoms with Crippen LogP contribution >= 0.6 is 24.0 Å². The fourth-order valence-electron chi connectivity index (χ4n) is 2.82. The standard InChI is InChI=1S/C22H32N4.HI/c1-5-26(4)17-20-11-9-10-19(14-20)16-25-22(23-3)24-15-18(2)21-12-7-6-8-13-21;/h6-14,18H,5,15-17H2,1-4H3,(H2,23,24,25);1H. The molecule has 2 rings (SSSR count). The highest BCUT2D eigenvalue weighted by Gasteiger charge is 2.06. The maximum absolute atomic E-state index is 4.34. The molecule has 0 heterocycles. The molecule has 0 saturated carbocycles. The Hall–Kier alpha value is -1.60. The van der Waals surface area contributed by atoms with E-state index in [0.717, 1.165) is 32.1 Å². The zero-order valence-corrected chi connectivity index (χ0v) is 19.2. The summed E-state index contributed by atoms with van der Waals surface area (Å²) >= 11 is 0. The van der Waals surface area contributed by atoms with Gasteiger partial charge < -0.3 is 15.5 Å². The lowest BCUT2D eigenvalue weighted by molar-refractivity contribution is 0.345. The monoisotopic (exact) mass is 480 g/mol. The van der Waals surface area contributed by atoms with Crippen molar-refractivity contribution in [3.05, 3.63) is 71.3 Å². The van der Waals surface area contributed by atoms with Gasteiger partial charge in [0.05, 0.1) is 0 Å². The molecule has 2 N–H and O–H groups in total. The van der Waals surface area contributed by atoms with E-state index in [1.54, 1.807) is 0 Å². The van der Waals surface area contributed by atoms with Crippen molar-refractivity contribution in [2.75, 3.05) is 27.2 Å². The molecule has 5 heteroatoms. The van der Waals surface area contributed by atoms with Crippen LogP contribution in [0.15, 0.2) is 59.6 Å². The number of aliphatic imine (C=N–C) groups is 1. The van der Waals surface area contributed by atoms with Gasteiger partial charge in [-0.1, -0.05) is 68.4 Å². The van der Waals surface area contributed by atoms with Gasteiger partial charge >= 0.3 is 0 Å². The molecule has 0 aromatic heterocycles. The lowest BCUT2D eigenvalue weighted by Crippen LogP contribution is -2.38. The summed E-state index contributed by atoms with van der Waals surface area (Å²) in [5.41, 5.74) is 3.95. The zero-order chi connectivity index (χ0) is 18.8. The number of hydrogen-bond donors (Lipinski definition) is 2. The molecular formula is C22H33IN4.